The first-order chi connectivity index (χ1) is 22.7. The Balaban J connectivity index is 1.91. The number of thioether (sulfide) groups is 1. The monoisotopic (exact) mass is 695 g/mol. The predicted molar refractivity (Wildman–Crippen MR) is 192 cm³/mol. The van der Waals surface area contributed by atoms with Gasteiger partial charge in [-0.1, -0.05) is 102 Å². The number of benzene rings is 2. The molecule has 2 aromatic rings. The number of rotatable bonds is 12. The summed E-state index contributed by atoms with van der Waals surface area (Å²) in [6.07, 6.45) is -1.60. The van der Waals surface area contributed by atoms with Crippen LogP contribution in [-0.4, -0.2) is 80.9 Å². The van der Waals surface area contributed by atoms with Crippen LogP contribution >= 0.6 is 11.8 Å². The highest BCUT2D eigenvalue weighted by Gasteiger charge is 2.50. The van der Waals surface area contributed by atoms with E-state index in [9.17, 15) is 29.1 Å². The molecule has 0 saturated carbocycles. The maximum Gasteiger partial charge on any atom is 0.254 e. The summed E-state index contributed by atoms with van der Waals surface area (Å²) in [6, 6.07) is 13.7. The Morgan fingerprint density at radius 3 is 1.98 bits per heavy atom. The number of amides is 5. The molecule has 1 fully saturated rings. The molecule has 5 atom stereocenters. The van der Waals surface area contributed by atoms with E-state index in [0.717, 1.165) is 5.56 Å². The summed E-state index contributed by atoms with van der Waals surface area (Å²) >= 11 is 1.44. The second-order valence-corrected chi connectivity index (χ2v) is 17.1. The Labute approximate surface area is 294 Å². The standard InChI is InChI=1S/C37H53N5O6S/c1-23(43)39-27(25-18-14-11-15-19-25)31(45)41-29(36(5,6)7)32(46)40-26(20-24-16-12-10-13-17-24)28(44)34(48)42-22-49-37(8,9)30(42)33(47)38-21-35(2,3)4/h10-19,26-30,44H,20-22H2,1-9H3,(H,38,47)(H,39,43)(H,40,46)(H,41,45)/t26-,27-,28-,29+,30?/m0/s1. The third kappa shape index (κ3) is 11.1. The predicted octanol–water partition coefficient (Wildman–Crippen LogP) is 3.33. The highest BCUT2D eigenvalue weighted by atomic mass is 32.2. The molecular weight excluding hydrogens is 643 g/mol. The molecule has 1 aliphatic heterocycles. The van der Waals surface area contributed by atoms with E-state index in [0.29, 0.717) is 12.1 Å². The van der Waals surface area contributed by atoms with E-state index >= 15 is 0 Å². The van der Waals surface area contributed by atoms with Crippen molar-refractivity contribution in [1.29, 1.82) is 0 Å². The Kier molecular flexibility index (Phi) is 13.1. The molecule has 268 valence electrons. The van der Waals surface area contributed by atoms with Crippen molar-refractivity contribution in [3.8, 4) is 0 Å². The van der Waals surface area contributed by atoms with E-state index in [1.165, 1.54) is 23.6 Å². The summed E-state index contributed by atoms with van der Waals surface area (Å²) in [5.41, 5.74) is 0.322. The van der Waals surface area contributed by atoms with E-state index in [1.54, 1.807) is 51.1 Å². The quantitative estimate of drug-likeness (QED) is 0.228. The molecule has 1 heterocycles. The Morgan fingerprint density at radius 1 is 0.878 bits per heavy atom. The molecule has 0 aromatic heterocycles. The van der Waals surface area contributed by atoms with Crippen LogP contribution in [0.3, 0.4) is 0 Å². The summed E-state index contributed by atoms with van der Waals surface area (Å²) in [6.45, 7) is 16.9. The van der Waals surface area contributed by atoms with Crippen LogP contribution in [0.15, 0.2) is 60.7 Å². The fourth-order valence-electron chi connectivity index (χ4n) is 5.63. The zero-order chi connectivity index (χ0) is 36.7. The van der Waals surface area contributed by atoms with E-state index in [4.69, 9.17) is 0 Å². The second-order valence-electron chi connectivity index (χ2n) is 15.5. The Morgan fingerprint density at radius 2 is 1.45 bits per heavy atom. The molecule has 0 spiro atoms. The number of carbonyl (C=O) groups excluding carboxylic acids is 5. The van der Waals surface area contributed by atoms with Crippen LogP contribution in [0.25, 0.3) is 0 Å². The zero-order valence-electron chi connectivity index (χ0n) is 30.1. The maximum atomic E-state index is 14.1. The van der Waals surface area contributed by atoms with Crippen molar-refractivity contribution < 1.29 is 29.1 Å². The summed E-state index contributed by atoms with van der Waals surface area (Å²) in [7, 11) is 0. The van der Waals surface area contributed by atoms with Crippen molar-refractivity contribution in [2.75, 3.05) is 12.4 Å². The Hall–Kier alpha value is -3.90. The molecule has 1 saturated heterocycles. The average Bonchev–Trinajstić information content (AvgIpc) is 3.34. The zero-order valence-corrected chi connectivity index (χ0v) is 30.9. The molecule has 2 aromatic carbocycles. The van der Waals surface area contributed by atoms with Gasteiger partial charge >= 0.3 is 0 Å². The van der Waals surface area contributed by atoms with Gasteiger partial charge in [0.05, 0.1) is 11.9 Å². The molecule has 5 N–H and O–H groups in total. The second kappa shape index (κ2) is 16.2. The summed E-state index contributed by atoms with van der Waals surface area (Å²) < 4.78 is -0.625. The van der Waals surface area contributed by atoms with Crippen molar-refractivity contribution in [2.45, 2.75) is 104 Å². The van der Waals surface area contributed by atoms with Gasteiger partial charge in [0.15, 0.2) is 6.10 Å². The first kappa shape index (κ1) is 39.5. The topological polar surface area (TPSA) is 157 Å². The van der Waals surface area contributed by atoms with E-state index in [-0.39, 0.29) is 23.6 Å². The highest BCUT2D eigenvalue weighted by molar-refractivity contribution is 8.00. The van der Waals surface area contributed by atoms with Gasteiger partial charge in [-0.2, -0.15) is 0 Å². The van der Waals surface area contributed by atoms with Gasteiger partial charge in [0.25, 0.3) is 5.91 Å². The van der Waals surface area contributed by atoms with Crippen molar-refractivity contribution in [2.24, 2.45) is 10.8 Å². The van der Waals surface area contributed by atoms with Crippen LogP contribution < -0.4 is 21.3 Å². The van der Waals surface area contributed by atoms with Gasteiger partial charge in [0, 0.05) is 18.2 Å². The fourth-order valence-corrected chi connectivity index (χ4v) is 6.77. The first-order valence-electron chi connectivity index (χ1n) is 16.6. The molecule has 1 aliphatic rings. The average molecular weight is 696 g/mol. The van der Waals surface area contributed by atoms with Gasteiger partial charge < -0.3 is 31.3 Å². The molecule has 11 nitrogen and oxygen atoms in total. The van der Waals surface area contributed by atoms with Crippen molar-refractivity contribution >= 4 is 41.3 Å². The molecule has 49 heavy (non-hydrogen) atoms. The van der Waals surface area contributed by atoms with Crippen LogP contribution in [0.5, 0.6) is 0 Å². The number of nitrogens with zero attached hydrogens (tertiary/aromatic N) is 1. The van der Waals surface area contributed by atoms with Gasteiger partial charge in [0.2, 0.25) is 23.6 Å². The van der Waals surface area contributed by atoms with Crippen molar-refractivity contribution in [3.05, 3.63) is 71.8 Å². The van der Waals surface area contributed by atoms with Crippen molar-refractivity contribution in [3.63, 3.8) is 0 Å². The number of aliphatic hydroxyl groups excluding tert-OH is 1. The number of hydrogen-bond donors (Lipinski definition) is 5. The van der Waals surface area contributed by atoms with Crippen LogP contribution in [-0.2, 0) is 30.4 Å². The third-order valence-corrected chi connectivity index (χ3v) is 9.66. The molecule has 0 radical (unpaired) electrons. The van der Waals surface area contributed by atoms with Gasteiger partial charge in [-0.3, -0.25) is 24.0 Å². The van der Waals surface area contributed by atoms with Gasteiger partial charge in [-0.25, -0.2) is 0 Å². The van der Waals surface area contributed by atoms with Crippen LogP contribution in [0.1, 0.15) is 79.5 Å². The molecule has 12 heteroatoms. The van der Waals surface area contributed by atoms with Gasteiger partial charge in [-0.05, 0) is 42.2 Å². The summed E-state index contributed by atoms with van der Waals surface area (Å²) in [5.74, 6) is -2.42. The first-order valence-corrected chi connectivity index (χ1v) is 17.6. The molecule has 1 unspecified atom stereocenters. The lowest BCUT2D eigenvalue weighted by Gasteiger charge is -2.36. The Bertz CT molecular complexity index is 1470. The minimum Gasteiger partial charge on any atom is -0.381 e. The normalized spacial score (nSPS) is 18.4. The van der Waals surface area contributed by atoms with E-state index in [2.05, 4.69) is 21.3 Å². The molecule has 3 rings (SSSR count). The largest absolute Gasteiger partial charge is 0.381 e. The molecule has 0 bridgehead atoms. The SMILES string of the molecule is CC(=O)N[C@H](C(=O)N[C@H](C(=O)N[C@@H](Cc1ccccc1)[C@H](O)C(=O)N1CSC(C)(C)C1C(=O)NCC(C)(C)C)C(C)(C)C)c1ccccc1. The number of carbonyl (C=O) groups is 5. The molecule has 0 aliphatic carbocycles. The lowest BCUT2D eigenvalue weighted by Crippen LogP contribution is -2.62. The maximum absolute atomic E-state index is 14.1. The van der Waals surface area contributed by atoms with E-state index < -0.39 is 64.1 Å². The molecular formula is C37H53N5O6S. The highest BCUT2D eigenvalue weighted by Crippen LogP contribution is 2.40. The van der Waals surface area contributed by atoms with Crippen LogP contribution in [0.4, 0.5) is 0 Å². The summed E-state index contributed by atoms with van der Waals surface area (Å²) in [4.78, 5) is 68.7. The van der Waals surface area contributed by atoms with Gasteiger partial charge in [0.1, 0.15) is 18.1 Å². The number of hydrogen-bond acceptors (Lipinski definition) is 7. The number of nitrogens with one attached hydrogen (secondary N) is 4. The van der Waals surface area contributed by atoms with Crippen LogP contribution in [0.2, 0.25) is 0 Å². The van der Waals surface area contributed by atoms with Crippen molar-refractivity contribution in [1.82, 2.24) is 26.2 Å². The van der Waals surface area contributed by atoms with Gasteiger partial charge in [-0.15, -0.1) is 11.8 Å². The fraction of sp³-hybridized carbons (Fsp3) is 0.541. The minimum absolute atomic E-state index is 0.105. The number of aliphatic hydroxyl groups is 1. The third-order valence-electron chi connectivity index (χ3n) is 8.29. The lowest BCUT2D eigenvalue weighted by molar-refractivity contribution is -0.148. The summed E-state index contributed by atoms with van der Waals surface area (Å²) in [5, 5.41) is 23.0. The molecule has 5 amide bonds. The van der Waals surface area contributed by atoms with Crippen LogP contribution in [0, 0.1) is 10.8 Å². The van der Waals surface area contributed by atoms with E-state index in [1.807, 2.05) is 65.0 Å². The minimum atomic E-state index is -1.70. The lowest BCUT2D eigenvalue weighted by atomic mass is 9.85. The smallest absolute Gasteiger partial charge is 0.254 e.